The first kappa shape index (κ1) is 35.3. The van der Waals surface area contributed by atoms with E-state index in [-0.39, 0.29) is 36.5 Å². The SMILES string of the molecule is C=CCCC1(C)CCN(c2c(C(OC(C)(C)C)C(=O)OCC)c(C)nc3cc(C(=O)NCC(=O)Cc4ccccc4Br)nn23)CC1. The first-order valence-corrected chi connectivity index (χ1v) is 16.7. The van der Waals surface area contributed by atoms with E-state index in [1.54, 1.807) is 17.5 Å². The number of nitrogens with zero attached hydrogens (tertiary/aromatic N) is 4. The van der Waals surface area contributed by atoms with E-state index in [9.17, 15) is 14.4 Å². The van der Waals surface area contributed by atoms with Crippen LogP contribution in [0.1, 0.15) is 93.7 Å². The molecule has 248 valence electrons. The first-order chi connectivity index (χ1) is 21.7. The molecule has 0 aliphatic carbocycles. The molecule has 1 unspecified atom stereocenters. The summed E-state index contributed by atoms with van der Waals surface area (Å²) < 4.78 is 14.3. The summed E-state index contributed by atoms with van der Waals surface area (Å²) in [7, 11) is 0. The maximum atomic E-state index is 13.4. The topological polar surface area (TPSA) is 115 Å². The normalized spacial score (nSPS) is 15.4. The van der Waals surface area contributed by atoms with Crippen LogP contribution in [-0.2, 0) is 25.5 Å². The van der Waals surface area contributed by atoms with Gasteiger partial charge < -0.3 is 19.7 Å². The number of aromatic nitrogens is 3. The number of rotatable bonds is 13. The van der Waals surface area contributed by atoms with Gasteiger partial charge in [0.15, 0.2) is 23.2 Å². The number of hydrogen-bond acceptors (Lipinski definition) is 8. The molecular formula is C35H46BrN5O5. The maximum absolute atomic E-state index is 13.4. The molecule has 1 aliphatic rings. The first-order valence-electron chi connectivity index (χ1n) is 15.9. The van der Waals surface area contributed by atoms with Crippen molar-refractivity contribution in [3.63, 3.8) is 0 Å². The third kappa shape index (κ3) is 8.61. The number of fused-ring (bicyclic) bond motifs is 1. The zero-order chi connectivity index (χ0) is 33.6. The minimum absolute atomic E-state index is 0.122. The van der Waals surface area contributed by atoms with Crippen molar-refractivity contribution in [2.24, 2.45) is 5.41 Å². The Bertz CT molecular complexity index is 1590. The van der Waals surface area contributed by atoms with Crippen LogP contribution >= 0.6 is 15.9 Å². The van der Waals surface area contributed by atoms with E-state index in [0.29, 0.717) is 22.7 Å². The molecule has 0 saturated carbocycles. The van der Waals surface area contributed by atoms with Crippen molar-refractivity contribution in [1.82, 2.24) is 19.9 Å². The van der Waals surface area contributed by atoms with Crippen molar-refractivity contribution in [2.75, 3.05) is 31.1 Å². The van der Waals surface area contributed by atoms with E-state index in [0.717, 1.165) is 48.8 Å². The second-order valence-electron chi connectivity index (χ2n) is 13.2. The summed E-state index contributed by atoms with van der Waals surface area (Å²) in [6.45, 7) is 17.0. The number of anilines is 1. The number of ether oxygens (including phenoxy) is 2. The van der Waals surface area contributed by atoms with E-state index in [1.807, 2.05) is 58.0 Å². The molecule has 1 aliphatic heterocycles. The lowest BCUT2D eigenvalue weighted by Gasteiger charge is -2.41. The van der Waals surface area contributed by atoms with Gasteiger partial charge in [-0.1, -0.05) is 47.1 Å². The number of nitrogens with one attached hydrogen (secondary N) is 1. The van der Waals surface area contributed by atoms with Crippen molar-refractivity contribution in [1.29, 1.82) is 0 Å². The van der Waals surface area contributed by atoms with Gasteiger partial charge in [0.1, 0.15) is 5.82 Å². The molecule has 1 N–H and O–H groups in total. The highest BCUT2D eigenvalue weighted by molar-refractivity contribution is 9.10. The molecule has 11 heteroatoms. The predicted octanol–water partition coefficient (Wildman–Crippen LogP) is 6.33. The number of allylic oxidation sites excluding steroid dienone is 1. The monoisotopic (exact) mass is 695 g/mol. The number of carbonyl (C=O) groups is 3. The Morgan fingerprint density at radius 1 is 1.20 bits per heavy atom. The lowest BCUT2D eigenvalue weighted by molar-refractivity contribution is -0.166. The fourth-order valence-corrected chi connectivity index (χ4v) is 6.20. The average molecular weight is 697 g/mol. The van der Waals surface area contributed by atoms with Crippen LogP contribution < -0.4 is 10.2 Å². The number of benzene rings is 1. The molecule has 3 heterocycles. The molecule has 10 nitrogen and oxygen atoms in total. The average Bonchev–Trinajstić information content (AvgIpc) is 3.42. The van der Waals surface area contributed by atoms with Gasteiger partial charge in [0.2, 0.25) is 0 Å². The van der Waals surface area contributed by atoms with Gasteiger partial charge >= 0.3 is 5.97 Å². The standard InChI is InChI=1S/C35H46BrN5O5/c1-8-10-15-35(7)16-18-40(19-17-35)32-29(30(33(44)45-9-2)46-34(4,5)6)23(3)38-28-21-27(39-41(28)32)31(43)37-22-25(42)20-24-13-11-12-14-26(24)36/h8,11-14,21,30H,1,9-10,15-20,22H2,2-7H3,(H,37,43). The van der Waals surface area contributed by atoms with Crippen LogP contribution in [0.15, 0.2) is 47.5 Å². The van der Waals surface area contributed by atoms with E-state index in [1.165, 1.54) is 0 Å². The highest BCUT2D eigenvalue weighted by Crippen LogP contribution is 2.41. The van der Waals surface area contributed by atoms with Crippen molar-refractivity contribution >= 4 is 45.1 Å². The molecule has 46 heavy (non-hydrogen) atoms. The fraction of sp³-hybridized carbons (Fsp3) is 0.514. The van der Waals surface area contributed by atoms with Crippen LogP contribution in [0.3, 0.4) is 0 Å². The summed E-state index contributed by atoms with van der Waals surface area (Å²) in [6, 6.07) is 9.10. The zero-order valence-corrected chi connectivity index (χ0v) is 29.4. The summed E-state index contributed by atoms with van der Waals surface area (Å²) in [5.41, 5.74) is 2.07. The Morgan fingerprint density at radius 3 is 2.52 bits per heavy atom. The van der Waals surface area contributed by atoms with Gasteiger partial charge in [0, 0.05) is 35.7 Å². The second-order valence-corrected chi connectivity index (χ2v) is 14.1. The van der Waals surface area contributed by atoms with Crippen LogP contribution in [0, 0.1) is 12.3 Å². The number of hydrogen-bond donors (Lipinski definition) is 1. The fourth-order valence-electron chi connectivity index (χ4n) is 5.78. The molecule has 1 aromatic carbocycles. The molecular weight excluding hydrogens is 650 g/mol. The number of esters is 1. The van der Waals surface area contributed by atoms with Crippen LogP contribution in [0.25, 0.3) is 5.65 Å². The van der Waals surface area contributed by atoms with Crippen molar-refractivity contribution < 1.29 is 23.9 Å². The van der Waals surface area contributed by atoms with Gasteiger partial charge in [-0.15, -0.1) is 6.58 Å². The van der Waals surface area contributed by atoms with Crippen molar-refractivity contribution in [3.8, 4) is 0 Å². The molecule has 0 bridgehead atoms. The van der Waals surface area contributed by atoms with Gasteiger partial charge in [0.05, 0.1) is 24.3 Å². The number of ketones is 1. The second kappa shape index (κ2) is 14.9. The number of halogens is 1. The van der Waals surface area contributed by atoms with E-state index >= 15 is 0 Å². The molecule has 0 radical (unpaired) electrons. The van der Waals surface area contributed by atoms with Crippen LogP contribution in [0.2, 0.25) is 0 Å². The Labute approximate surface area is 280 Å². The quantitative estimate of drug-likeness (QED) is 0.163. The molecule has 1 amide bonds. The van der Waals surface area contributed by atoms with Crippen LogP contribution in [0.5, 0.6) is 0 Å². The van der Waals surface area contributed by atoms with Gasteiger partial charge in [-0.2, -0.15) is 9.61 Å². The maximum Gasteiger partial charge on any atom is 0.340 e. The predicted molar refractivity (Wildman–Crippen MR) is 182 cm³/mol. The van der Waals surface area contributed by atoms with Gasteiger partial charge in [-0.3, -0.25) is 9.59 Å². The molecule has 4 rings (SSSR count). The largest absolute Gasteiger partial charge is 0.464 e. The van der Waals surface area contributed by atoms with Gasteiger partial charge in [-0.05, 0) is 77.3 Å². The number of amides is 1. The minimum atomic E-state index is -1.06. The van der Waals surface area contributed by atoms with Gasteiger partial charge in [0.25, 0.3) is 5.91 Å². The van der Waals surface area contributed by atoms with E-state index < -0.39 is 23.6 Å². The molecule has 1 atom stereocenters. The Kier molecular flexibility index (Phi) is 11.4. The van der Waals surface area contributed by atoms with E-state index in [2.05, 4.69) is 39.6 Å². The number of Topliss-reactive ketones (excluding diaryl/α,β-unsaturated/α-hetero) is 1. The van der Waals surface area contributed by atoms with Crippen LogP contribution in [-0.4, -0.2) is 64.1 Å². The summed E-state index contributed by atoms with van der Waals surface area (Å²) in [5.74, 6) is -0.478. The highest BCUT2D eigenvalue weighted by atomic mass is 79.9. The molecule has 1 fully saturated rings. The van der Waals surface area contributed by atoms with Crippen molar-refractivity contribution in [2.45, 2.75) is 85.4 Å². The summed E-state index contributed by atoms with van der Waals surface area (Å²) in [6.07, 6.45) is 4.95. The molecule has 1 saturated heterocycles. The number of aryl methyl sites for hydroxylation is 1. The molecule has 3 aromatic rings. The number of piperidine rings is 1. The lowest BCUT2D eigenvalue weighted by atomic mass is 9.76. The Morgan fingerprint density at radius 2 is 1.89 bits per heavy atom. The van der Waals surface area contributed by atoms with Crippen LogP contribution in [0.4, 0.5) is 5.82 Å². The zero-order valence-electron chi connectivity index (χ0n) is 27.8. The van der Waals surface area contributed by atoms with Crippen molar-refractivity contribution in [3.05, 3.63) is 70.0 Å². The molecule has 0 spiro atoms. The summed E-state index contributed by atoms with van der Waals surface area (Å²) in [4.78, 5) is 46.4. The Hall–Kier alpha value is -3.57. The minimum Gasteiger partial charge on any atom is -0.464 e. The highest BCUT2D eigenvalue weighted by Gasteiger charge is 2.38. The van der Waals surface area contributed by atoms with E-state index in [4.69, 9.17) is 19.6 Å². The number of carbonyl (C=O) groups excluding carboxylic acids is 3. The molecule has 2 aromatic heterocycles. The summed E-state index contributed by atoms with van der Waals surface area (Å²) >= 11 is 3.47. The summed E-state index contributed by atoms with van der Waals surface area (Å²) in [5, 5.41) is 7.42. The van der Waals surface area contributed by atoms with Gasteiger partial charge in [-0.25, -0.2) is 9.78 Å². The third-order valence-electron chi connectivity index (χ3n) is 8.28. The lowest BCUT2D eigenvalue weighted by Crippen LogP contribution is -2.41. The third-order valence-corrected chi connectivity index (χ3v) is 9.06. The Balaban J connectivity index is 1.71. The smallest absolute Gasteiger partial charge is 0.340 e.